The van der Waals surface area contributed by atoms with Gasteiger partial charge in [-0.1, -0.05) is 83.0 Å². The third-order valence-corrected chi connectivity index (χ3v) is 8.85. The number of hydrogen-bond acceptors (Lipinski definition) is 4. The summed E-state index contributed by atoms with van der Waals surface area (Å²) in [5, 5.41) is 3.04. The van der Waals surface area contributed by atoms with E-state index < -0.39 is 28.5 Å². The van der Waals surface area contributed by atoms with E-state index in [0.717, 1.165) is 43.7 Å². The number of nitrogens with zero attached hydrogens (tertiary/aromatic N) is 2. The summed E-state index contributed by atoms with van der Waals surface area (Å²) in [7, 11) is -3.81. The molecule has 0 aliphatic rings. The van der Waals surface area contributed by atoms with E-state index in [4.69, 9.17) is 0 Å². The highest BCUT2D eigenvalue weighted by atomic mass is 79.9. The van der Waals surface area contributed by atoms with Gasteiger partial charge in [-0.3, -0.25) is 13.9 Å². The van der Waals surface area contributed by atoms with Crippen molar-refractivity contribution in [3.05, 3.63) is 99.5 Å². The molecule has 0 saturated heterocycles. The fourth-order valence-corrected chi connectivity index (χ4v) is 5.49. The number of benzene rings is 3. The summed E-state index contributed by atoms with van der Waals surface area (Å²) in [5.41, 5.74) is 4.00. The zero-order valence-corrected chi connectivity index (χ0v) is 26.1. The van der Waals surface area contributed by atoms with Crippen molar-refractivity contribution < 1.29 is 18.0 Å². The Morgan fingerprint density at radius 2 is 1.62 bits per heavy atom. The summed E-state index contributed by atoms with van der Waals surface area (Å²) in [4.78, 5) is 29.4. The van der Waals surface area contributed by atoms with Crippen molar-refractivity contribution in [3.63, 3.8) is 0 Å². The van der Waals surface area contributed by atoms with Crippen LogP contribution in [-0.4, -0.2) is 50.0 Å². The van der Waals surface area contributed by atoms with Gasteiger partial charge in [-0.2, -0.15) is 0 Å². The van der Waals surface area contributed by atoms with Crippen molar-refractivity contribution in [3.8, 4) is 0 Å². The van der Waals surface area contributed by atoms with Gasteiger partial charge in [0.25, 0.3) is 0 Å². The molecule has 0 radical (unpaired) electrons. The van der Waals surface area contributed by atoms with Crippen LogP contribution in [0.5, 0.6) is 0 Å². The second-order valence-electron chi connectivity index (χ2n) is 10.2. The fraction of sp³-hybridized carbons (Fsp3) is 0.355. The van der Waals surface area contributed by atoms with Gasteiger partial charge >= 0.3 is 0 Å². The maximum absolute atomic E-state index is 14.1. The van der Waals surface area contributed by atoms with E-state index in [1.165, 1.54) is 4.90 Å². The van der Waals surface area contributed by atoms with Gasteiger partial charge in [0.15, 0.2) is 0 Å². The van der Waals surface area contributed by atoms with Crippen LogP contribution in [0.1, 0.15) is 42.5 Å². The summed E-state index contributed by atoms with van der Waals surface area (Å²) in [5.74, 6) is -0.739. The number of carbonyl (C=O) groups excluding carboxylic acids is 2. The van der Waals surface area contributed by atoms with Crippen LogP contribution in [0.3, 0.4) is 0 Å². The second kappa shape index (κ2) is 13.9. The molecule has 40 heavy (non-hydrogen) atoms. The molecule has 0 aromatic heterocycles. The van der Waals surface area contributed by atoms with Gasteiger partial charge in [-0.25, -0.2) is 8.42 Å². The molecule has 2 atom stereocenters. The molecule has 214 valence electrons. The van der Waals surface area contributed by atoms with Gasteiger partial charge in [0.2, 0.25) is 21.8 Å². The summed E-state index contributed by atoms with van der Waals surface area (Å²) >= 11 is 3.45. The Hall–Kier alpha value is -3.17. The zero-order valence-electron chi connectivity index (χ0n) is 23.7. The summed E-state index contributed by atoms with van der Waals surface area (Å²) < 4.78 is 27.8. The van der Waals surface area contributed by atoms with Crippen molar-refractivity contribution in [1.82, 2.24) is 10.2 Å². The van der Waals surface area contributed by atoms with Crippen LogP contribution < -0.4 is 9.62 Å². The molecule has 0 bridgehead atoms. The van der Waals surface area contributed by atoms with Crippen LogP contribution in [0.2, 0.25) is 0 Å². The Labute approximate surface area is 246 Å². The number of halogens is 1. The molecule has 0 aliphatic heterocycles. The molecular weight excluding hydrogens is 590 g/mol. The number of anilines is 1. The number of nitrogens with one attached hydrogen (secondary N) is 1. The molecule has 0 unspecified atom stereocenters. The summed E-state index contributed by atoms with van der Waals surface area (Å²) in [6.07, 6.45) is 2.11. The van der Waals surface area contributed by atoms with Gasteiger partial charge in [-0.05, 0) is 62.1 Å². The van der Waals surface area contributed by atoms with E-state index in [9.17, 15) is 18.0 Å². The highest BCUT2D eigenvalue weighted by molar-refractivity contribution is 9.10. The van der Waals surface area contributed by atoms with Crippen LogP contribution in [0.15, 0.2) is 77.3 Å². The Bertz CT molecular complexity index is 1430. The Kier molecular flexibility index (Phi) is 10.9. The lowest BCUT2D eigenvalue weighted by atomic mass is 10.0. The molecule has 1 N–H and O–H groups in total. The van der Waals surface area contributed by atoms with Crippen LogP contribution in [-0.2, 0) is 32.6 Å². The quantitative estimate of drug-likeness (QED) is 0.292. The molecule has 2 amide bonds. The first-order valence-corrected chi connectivity index (χ1v) is 16.0. The Morgan fingerprint density at radius 1 is 0.950 bits per heavy atom. The third kappa shape index (κ3) is 8.66. The smallest absolute Gasteiger partial charge is 0.244 e. The average Bonchev–Trinajstić information content (AvgIpc) is 2.90. The van der Waals surface area contributed by atoms with Crippen LogP contribution in [0, 0.1) is 13.8 Å². The van der Waals surface area contributed by atoms with Crippen LogP contribution in [0.4, 0.5) is 5.69 Å². The highest BCUT2D eigenvalue weighted by Crippen LogP contribution is 2.25. The Morgan fingerprint density at radius 3 is 2.23 bits per heavy atom. The van der Waals surface area contributed by atoms with E-state index in [-0.39, 0.29) is 24.9 Å². The lowest BCUT2D eigenvalue weighted by Gasteiger charge is -2.34. The lowest BCUT2D eigenvalue weighted by Crippen LogP contribution is -2.54. The van der Waals surface area contributed by atoms with E-state index in [1.807, 2.05) is 82.3 Å². The van der Waals surface area contributed by atoms with Gasteiger partial charge in [-0.15, -0.1) is 0 Å². The van der Waals surface area contributed by atoms with E-state index in [1.54, 1.807) is 18.2 Å². The molecule has 0 saturated carbocycles. The van der Waals surface area contributed by atoms with Crippen molar-refractivity contribution in [2.75, 3.05) is 17.1 Å². The minimum Gasteiger partial charge on any atom is -0.352 e. The van der Waals surface area contributed by atoms with Crippen molar-refractivity contribution in [2.45, 2.75) is 59.2 Å². The largest absolute Gasteiger partial charge is 0.352 e. The first-order valence-electron chi connectivity index (χ1n) is 13.3. The van der Waals surface area contributed by atoms with Gasteiger partial charge in [0.1, 0.15) is 12.6 Å². The summed E-state index contributed by atoms with van der Waals surface area (Å²) in [6, 6.07) is 21.5. The molecule has 0 heterocycles. The van der Waals surface area contributed by atoms with E-state index in [0.29, 0.717) is 5.69 Å². The molecule has 0 fully saturated rings. The normalized spacial score (nSPS) is 12.8. The lowest BCUT2D eigenvalue weighted by molar-refractivity contribution is -0.140. The third-order valence-electron chi connectivity index (χ3n) is 6.82. The maximum Gasteiger partial charge on any atom is 0.244 e. The molecular formula is C31H38BrN3O4S. The monoisotopic (exact) mass is 627 g/mol. The van der Waals surface area contributed by atoms with Crippen molar-refractivity contribution >= 4 is 43.5 Å². The van der Waals surface area contributed by atoms with Crippen molar-refractivity contribution in [1.29, 1.82) is 0 Å². The van der Waals surface area contributed by atoms with E-state index in [2.05, 4.69) is 21.2 Å². The number of rotatable bonds is 12. The number of sulfonamides is 1. The average molecular weight is 629 g/mol. The first-order chi connectivity index (χ1) is 18.9. The Balaban J connectivity index is 2.07. The predicted molar refractivity (Wildman–Crippen MR) is 165 cm³/mol. The first kappa shape index (κ1) is 31.4. The molecule has 3 aromatic rings. The zero-order chi connectivity index (χ0) is 29.4. The van der Waals surface area contributed by atoms with Crippen LogP contribution >= 0.6 is 15.9 Å². The molecule has 7 nitrogen and oxygen atoms in total. The number of amides is 2. The van der Waals surface area contributed by atoms with Crippen molar-refractivity contribution in [2.24, 2.45) is 0 Å². The standard InChI is InChI=1S/C31H38BrN3O4S/c1-6-24(4)33-31(37)29(19-25-12-8-7-9-13-25)34(20-26-14-10-11-22(2)17-26)30(36)21-35(40(5,38)39)27-15-16-28(32)23(3)18-27/h7-18,24,29H,6,19-21H2,1-5H3,(H,33,37)/t24-,29-/m0/s1. The molecule has 9 heteroatoms. The summed E-state index contributed by atoms with van der Waals surface area (Å²) in [6.45, 7) is 7.45. The molecule has 3 rings (SSSR count). The van der Waals surface area contributed by atoms with Crippen LogP contribution in [0.25, 0.3) is 0 Å². The maximum atomic E-state index is 14.1. The topological polar surface area (TPSA) is 86.8 Å². The SMILES string of the molecule is CC[C@H](C)NC(=O)[C@H](Cc1ccccc1)N(Cc1cccc(C)c1)C(=O)CN(c1ccc(Br)c(C)c1)S(C)(=O)=O. The minimum atomic E-state index is -3.81. The number of aryl methyl sites for hydroxylation is 2. The minimum absolute atomic E-state index is 0.0834. The van der Waals surface area contributed by atoms with E-state index >= 15 is 0 Å². The molecule has 0 spiro atoms. The van der Waals surface area contributed by atoms with Gasteiger partial charge in [0, 0.05) is 23.5 Å². The highest BCUT2D eigenvalue weighted by Gasteiger charge is 2.33. The number of hydrogen-bond donors (Lipinski definition) is 1. The van der Waals surface area contributed by atoms with Gasteiger partial charge in [0.05, 0.1) is 11.9 Å². The molecule has 0 aliphatic carbocycles. The second-order valence-corrected chi connectivity index (χ2v) is 13.0. The predicted octanol–water partition coefficient (Wildman–Crippen LogP) is 5.39. The molecule has 3 aromatic carbocycles. The fourth-order valence-electron chi connectivity index (χ4n) is 4.40. The number of carbonyl (C=O) groups is 2. The van der Waals surface area contributed by atoms with Gasteiger partial charge < -0.3 is 10.2 Å².